The predicted molar refractivity (Wildman–Crippen MR) is 179 cm³/mol. The van der Waals surface area contributed by atoms with Crippen molar-refractivity contribution in [3.63, 3.8) is 0 Å². The molecule has 1 fully saturated rings. The summed E-state index contributed by atoms with van der Waals surface area (Å²) in [6.45, 7) is 8.39. The molecular formula is C34H32FN5O5S2. The maximum absolute atomic E-state index is 13.9. The molecule has 6 rings (SSSR count). The predicted octanol–water partition coefficient (Wildman–Crippen LogP) is 7.05. The van der Waals surface area contributed by atoms with E-state index in [1.54, 1.807) is 37.3 Å². The third-order valence-electron chi connectivity index (χ3n) is 7.68. The van der Waals surface area contributed by atoms with Crippen LogP contribution in [-0.2, 0) is 15.3 Å². The molecular weight excluding hydrogens is 642 g/mol. The molecule has 1 aliphatic rings. The number of hydrogen-bond donors (Lipinski definition) is 1. The Bertz CT molecular complexity index is 2010. The number of nitrogens with zero attached hydrogens (tertiary/aromatic N) is 5. The average Bonchev–Trinajstić information content (AvgIpc) is 3.75. The van der Waals surface area contributed by atoms with Crippen LogP contribution in [0.4, 0.5) is 9.52 Å². The van der Waals surface area contributed by atoms with E-state index in [4.69, 9.17) is 9.47 Å². The number of ketones is 1. The molecule has 0 saturated carbocycles. The van der Waals surface area contributed by atoms with Crippen molar-refractivity contribution in [3.8, 4) is 11.5 Å². The molecule has 13 heteroatoms. The number of Topliss-reactive ketones (excluding diaryl/α,β-unsaturated/α-hetero) is 1. The van der Waals surface area contributed by atoms with Crippen molar-refractivity contribution in [2.45, 2.75) is 50.3 Å². The van der Waals surface area contributed by atoms with Gasteiger partial charge in [-0.25, -0.2) is 9.37 Å². The highest BCUT2D eigenvalue weighted by atomic mass is 32.2. The summed E-state index contributed by atoms with van der Waals surface area (Å²) in [4.78, 5) is 33.6. The van der Waals surface area contributed by atoms with Crippen molar-refractivity contribution >= 4 is 51.3 Å². The van der Waals surface area contributed by atoms with Crippen LogP contribution in [0.15, 0.2) is 70.7 Å². The van der Waals surface area contributed by atoms with Crippen LogP contribution < -0.4 is 14.4 Å². The largest absolute Gasteiger partial charge is 0.505 e. The molecule has 1 atom stereocenters. The Kier molecular flexibility index (Phi) is 9.28. The Morgan fingerprint density at radius 1 is 1.04 bits per heavy atom. The second-order valence-corrected chi connectivity index (χ2v) is 13.0. The number of benzene rings is 2. The number of carbonyl (C=O) groups is 2. The number of pyridine rings is 1. The van der Waals surface area contributed by atoms with E-state index in [1.807, 2.05) is 43.5 Å². The molecule has 1 N–H and O–H groups in total. The summed E-state index contributed by atoms with van der Waals surface area (Å²) in [6, 6.07) is 14.1. The zero-order valence-corrected chi connectivity index (χ0v) is 27.8. The summed E-state index contributed by atoms with van der Waals surface area (Å²) >= 11 is 2.52. The number of ether oxygens (including phenoxy) is 2. The number of amides is 1. The van der Waals surface area contributed by atoms with Gasteiger partial charge in [0.1, 0.15) is 17.2 Å². The summed E-state index contributed by atoms with van der Waals surface area (Å²) in [5.41, 5.74) is 3.59. The van der Waals surface area contributed by atoms with E-state index in [2.05, 4.69) is 15.2 Å². The number of halogens is 1. The summed E-state index contributed by atoms with van der Waals surface area (Å²) < 4.78 is 27.6. The molecule has 1 aliphatic heterocycles. The second kappa shape index (κ2) is 13.5. The van der Waals surface area contributed by atoms with Crippen molar-refractivity contribution in [2.75, 3.05) is 18.1 Å². The molecule has 0 radical (unpaired) electrons. The van der Waals surface area contributed by atoms with Crippen LogP contribution in [0.5, 0.6) is 11.5 Å². The molecule has 0 bridgehead atoms. The number of carbonyl (C=O) groups excluding carboxylic acids is 2. The average molecular weight is 674 g/mol. The summed E-state index contributed by atoms with van der Waals surface area (Å²) in [7, 11) is 0. The number of anilines is 1. The molecule has 0 aliphatic carbocycles. The van der Waals surface area contributed by atoms with Crippen LogP contribution in [0.25, 0.3) is 11.4 Å². The van der Waals surface area contributed by atoms with Crippen LogP contribution >= 0.6 is 23.1 Å². The van der Waals surface area contributed by atoms with E-state index in [0.717, 1.165) is 28.9 Å². The third-order valence-corrected chi connectivity index (χ3v) is 9.80. The molecule has 47 heavy (non-hydrogen) atoms. The molecule has 0 spiro atoms. The molecule has 1 amide bonds. The van der Waals surface area contributed by atoms with Gasteiger partial charge in [-0.15, -0.1) is 10.2 Å². The van der Waals surface area contributed by atoms with Gasteiger partial charge in [0.25, 0.3) is 5.78 Å². The summed E-state index contributed by atoms with van der Waals surface area (Å²) in [5, 5.41) is 20.6. The normalized spacial score (nSPS) is 15.9. The number of aryl methyl sites for hydroxylation is 2. The highest BCUT2D eigenvalue weighted by Crippen LogP contribution is 2.46. The van der Waals surface area contributed by atoms with Crippen LogP contribution in [0.1, 0.15) is 54.4 Å². The highest BCUT2D eigenvalue weighted by Gasteiger charge is 2.49. The van der Waals surface area contributed by atoms with E-state index in [0.29, 0.717) is 51.7 Å². The first-order valence-corrected chi connectivity index (χ1v) is 16.9. The number of imidazole rings is 1. The molecule has 4 heterocycles. The Morgan fingerprint density at radius 3 is 2.55 bits per heavy atom. The van der Waals surface area contributed by atoms with Crippen molar-refractivity contribution < 1.29 is 28.6 Å². The number of thioether (sulfide) groups is 1. The lowest BCUT2D eigenvalue weighted by Crippen LogP contribution is -2.29. The van der Waals surface area contributed by atoms with Gasteiger partial charge in [-0.05, 0) is 74.2 Å². The Hall–Kier alpha value is -4.75. The van der Waals surface area contributed by atoms with Crippen LogP contribution in [0.2, 0.25) is 0 Å². The molecule has 1 unspecified atom stereocenters. The SMILES string of the molecule is CCCOc1ccc(C2/C(=C(\O)c3nc4c(C)cccn4c3C)C(=O)C(=O)N2c2nnc(SCc3ccc(F)cc3)s2)cc1OCC. The second-order valence-electron chi connectivity index (χ2n) is 10.9. The minimum absolute atomic E-state index is 0.125. The van der Waals surface area contributed by atoms with Gasteiger partial charge in [0, 0.05) is 11.9 Å². The van der Waals surface area contributed by atoms with E-state index in [-0.39, 0.29) is 22.2 Å². The summed E-state index contributed by atoms with van der Waals surface area (Å²) in [5.74, 6) is -0.978. The van der Waals surface area contributed by atoms with Crippen molar-refractivity contribution in [2.24, 2.45) is 0 Å². The molecule has 10 nitrogen and oxygen atoms in total. The first kappa shape index (κ1) is 32.2. The zero-order chi connectivity index (χ0) is 33.2. The van der Waals surface area contributed by atoms with Gasteiger partial charge >= 0.3 is 5.91 Å². The van der Waals surface area contributed by atoms with Gasteiger partial charge in [-0.2, -0.15) is 0 Å². The lowest BCUT2D eigenvalue weighted by atomic mass is 9.96. The van der Waals surface area contributed by atoms with Crippen LogP contribution in [0.3, 0.4) is 0 Å². The number of rotatable bonds is 11. The van der Waals surface area contributed by atoms with E-state index < -0.39 is 23.5 Å². The highest BCUT2D eigenvalue weighted by molar-refractivity contribution is 8.00. The fourth-order valence-electron chi connectivity index (χ4n) is 5.40. The quantitative estimate of drug-likeness (QED) is 0.0517. The first-order valence-electron chi connectivity index (χ1n) is 15.1. The smallest absolute Gasteiger partial charge is 0.301 e. The molecule has 5 aromatic rings. The standard InChI is InChI=1S/C34H32FN5O5S2/c1-5-16-45-24-14-11-22(17-25(24)44-6-2)28-26(29(41)27-20(4)39-15-7-8-19(3)31(39)36-27)30(42)32(43)40(28)33-37-38-34(47-33)46-18-21-9-12-23(35)13-10-21/h7-15,17,28,41H,5-6,16,18H2,1-4H3/b29-26+. The van der Waals surface area contributed by atoms with Crippen molar-refractivity contribution in [3.05, 3.63) is 100 Å². The van der Waals surface area contributed by atoms with Crippen molar-refractivity contribution in [1.29, 1.82) is 0 Å². The van der Waals surface area contributed by atoms with Gasteiger partial charge in [0.05, 0.1) is 30.5 Å². The molecule has 3 aromatic heterocycles. The summed E-state index contributed by atoms with van der Waals surface area (Å²) in [6.07, 6.45) is 2.62. The fraction of sp³-hybridized carbons (Fsp3) is 0.265. The van der Waals surface area contributed by atoms with Gasteiger partial charge in [-0.1, -0.05) is 54.3 Å². The van der Waals surface area contributed by atoms with Crippen LogP contribution in [-0.4, -0.2) is 49.6 Å². The van der Waals surface area contributed by atoms with E-state index >= 15 is 0 Å². The topological polar surface area (TPSA) is 119 Å². The van der Waals surface area contributed by atoms with Gasteiger partial charge in [0.2, 0.25) is 5.13 Å². The Balaban J connectivity index is 1.46. The number of aromatic nitrogens is 4. The number of aliphatic hydroxyl groups is 1. The minimum Gasteiger partial charge on any atom is -0.505 e. The van der Waals surface area contributed by atoms with Gasteiger partial charge < -0.3 is 19.0 Å². The monoisotopic (exact) mass is 673 g/mol. The molecule has 1 saturated heterocycles. The molecule has 2 aromatic carbocycles. The first-order chi connectivity index (χ1) is 22.7. The molecule has 242 valence electrons. The Labute approximate surface area is 278 Å². The number of aliphatic hydroxyl groups excluding tert-OH is 1. The van der Waals surface area contributed by atoms with Crippen LogP contribution in [0, 0.1) is 19.7 Å². The minimum atomic E-state index is -1.07. The maximum atomic E-state index is 13.9. The van der Waals surface area contributed by atoms with E-state index in [1.165, 1.54) is 28.8 Å². The Morgan fingerprint density at radius 2 is 1.83 bits per heavy atom. The van der Waals surface area contributed by atoms with Crippen molar-refractivity contribution in [1.82, 2.24) is 19.6 Å². The third kappa shape index (κ3) is 6.20. The van der Waals surface area contributed by atoms with E-state index in [9.17, 15) is 19.1 Å². The number of hydrogen-bond acceptors (Lipinski definition) is 10. The lowest BCUT2D eigenvalue weighted by Gasteiger charge is -2.23. The number of fused-ring (bicyclic) bond motifs is 1. The maximum Gasteiger partial charge on any atom is 0.301 e. The zero-order valence-electron chi connectivity index (χ0n) is 26.2. The lowest BCUT2D eigenvalue weighted by molar-refractivity contribution is -0.132. The van der Waals surface area contributed by atoms with Gasteiger partial charge in [-0.3, -0.25) is 14.5 Å². The van der Waals surface area contributed by atoms with Gasteiger partial charge in [0.15, 0.2) is 21.6 Å². The fourth-order valence-corrected chi connectivity index (χ4v) is 7.22.